The number of carbonyl (C=O) groups is 2. The number of carbonyl (C=O) groups excluding carboxylic acids is 2. The Bertz CT molecular complexity index is 1020. The van der Waals surface area contributed by atoms with E-state index < -0.39 is 12.0 Å². The minimum absolute atomic E-state index is 0.258. The third kappa shape index (κ3) is 4.45. The van der Waals surface area contributed by atoms with Gasteiger partial charge in [0.1, 0.15) is 23.7 Å². The monoisotopic (exact) mass is 439 g/mol. The van der Waals surface area contributed by atoms with Crippen LogP contribution in [0, 0.1) is 11.7 Å². The molecule has 2 aliphatic rings. The second kappa shape index (κ2) is 9.40. The zero-order valence-electron chi connectivity index (χ0n) is 18.3. The molecule has 4 rings (SSSR count). The molecule has 0 aromatic heterocycles. The first kappa shape index (κ1) is 21.8. The van der Waals surface area contributed by atoms with Crippen molar-refractivity contribution < 1.29 is 24.0 Å². The SMILES string of the molecule is COC(=O)C(NC(=O)N1CCN(c2ccc(F)cc2)CC1)C(C)C1=C[NH2+]c2ccccc21. The van der Waals surface area contributed by atoms with Crippen LogP contribution in [0.1, 0.15) is 12.5 Å². The number of ether oxygens (including phenoxy) is 1. The summed E-state index contributed by atoms with van der Waals surface area (Å²) < 4.78 is 18.2. The molecule has 2 aromatic rings. The zero-order chi connectivity index (χ0) is 22.7. The second-order valence-corrected chi connectivity index (χ2v) is 8.07. The summed E-state index contributed by atoms with van der Waals surface area (Å²) in [4.78, 5) is 29.4. The van der Waals surface area contributed by atoms with Crippen LogP contribution in [0.2, 0.25) is 0 Å². The highest BCUT2D eigenvalue weighted by molar-refractivity contribution is 5.87. The van der Waals surface area contributed by atoms with E-state index in [0.29, 0.717) is 26.2 Å². The van der Waals surface area contributed by atoms with Crippen molar-refractivity contribution in [1.29, 1.82) is 0 Å². The number of amides is 2. The lowest BCUT2D eigenvalue weighted by Crippen LogP contribution is -2.69. The van der Waals surface area contributed by atoms with Crippen molar-refractivity contribution >= 4 is 28.9 Å². The van der Waals surface area contributed by atoms with Gasteiger partial charge in [-0.2, -0.15) is 0 Å². The Kier molecular flexibility index (Phi) is 6.41. The minimum atomic E-state index is -0.798. The fourth-order valence-electron chi connectivity index (χ4n) is 4.31. The molecule has 0 radical (unpaired) electrons. The summed E-state index contributed by atoms with van der Waals surface area (Å²) in [5.41, 5.74) is 4.09. The van der Waals surface area contributed by atoms with E-state index in [9.17, 15) is 14.0 Å². The lowest BCUT2D eigenvalue weighted by Gasteiger charge is -2.37. The van der Waals surface area contributed by atoms with Crippen molar-refractivity contribution in [2.75, 3.05) is 38.2 Å². The van der Waals surface area contributed by atoms with E-state index in [-0.39, 0.29) is 17.8 Å². The quantitative estimate of drug-likeness (QED) is 0.553. The lowest BCUT2D eigenvalue weighted by atomic mass is 9.89. The van der Waals surface area contributed by atoms with Crippen molar-refractivity contribution in [3.63, 3.8) is 0 Å². The Labute approximate surface area is 186 Å². The molecule has 7 nitrogen and oxygen atoms in total. The molecule has 2 aromatic carbocycles. The number of piperazine rings is 1. The number of urea groups is 1. The zero-order valence-corrected chi connectivity index (χ0v) is 18.3. The van der Waals surface area contributed by atoms with E-state index in [1.54, 1.807) is 17.0 Å². The number of nitrogens with two attached hydrogens (primary N) is 1. The topological polar surface area (TPSA) is 78.5 Å². The van der Waals surface area contributed by atoms with Gasteiger partial charge in [-0.1, -0.05) is 19.1 Å². The van der Waals surface area contributed by atoms with Gasteiger partial charge in [0.25, 0.3) is 0 Å². The third-order valence-electron chi connectivity index (χ3n) is 6.20. The van der Waals surface area contributed by atoms with Gasteiger partial charge >= 0.3 is 12.0 Å². The maximum Gasteiger partial charge on any atom is 0.329 e. The van der Waals surface area contributed by atoms with Crippen molar-refractivity contribution in [2.45, 2.75) is 13.0 Å². The maximum atomic E-state index is 13.2. The number of nitrogens with one attached hydrogen (secondary N) is 1. The molecule has 0 aliphatic carbocycles. The van der Waals surface area contributed by atoms with Crippen LogP contribution in [0.5, 0.6) is 0 Å². The average molecular weight is 440 g/mol. The van der Waals surface area contributed by atoms with Crippen LogP contribution in [0.15, 0.2) is 54.7 Å². The standard InChI is InChI=1S/C24H27FN4O3/c1-16(20-15-26-21-6-4-3-5-19(20)21)22(23(30)32-2)27-24(31)29-13-11-28(12-14-29)18-9-7-17(25)8-10-18/h3-10,15-16,22,26H,11-14H2,1-2H3,(H,27,31)/p+1. The molecule has 3 N–H and O–H groups in total. The molecular formula is C24H28FN4O3+. The van der Waals surface area contributed by atoms with Crippen molar-refractivity contribution in [3.8, 4) is 0 Å². The number of anilines is 1. The van der Waals surface area contributed by atoms with Gasteiger partial charge in [-0.15, -0.1) is 0 Å². The third-order valence-corrected chi connectivity index (χ3v) is 6.20. The smallest absolute Gasteiger partial charge is 0.329 e. The predicted molar refractivity (Wildman–Crippen MR) is 120 cm³/mol. The van der Waals surface area contributed by atoms with Gasteiger partial charge in [-0.05, 0) is 30.3 Å². The summed E-state index contributed by atoms with van der Waals surface area (Å²) in [6.07, 6.45) is 2.00. The van der Waals surface area contributed by atoms with Crippen LogP contribution >= 0.6 is 0 Å². The number of quaternary nitrogens is 1. The first-order chi connectivity index (χ1) is 15.5. The van der Waals surface area contributed by atoms with E-state index >= 15 is 0 Å². The highest BCUT2D eigenvalue weighted by Gasteiger charge is 2.35. The van der Waals surface area contributed by atoms with Gasteiger partial charge < -0.3 is 19.9 Å². The van der Waals surface area contributed by atoms with Gasteiger partial charge in [0.05, 0.1) is 7.11 Å². The molecule has 1 fully saturated rings. The van der Waals surface area contributed by atoms with Crippen molar-refractivity contribution in [3.05, 3.63) is 66.1 Å². The fourth-order valence-corrected chi connectivity index (χ4v) is 4.31. The molecule has 2 heterocycles. The molecule has 1 saturated heterocycles. The molecule has 2 atom stereocenters. The Morgan fingerprint density at radius 1 is 1.06 bits per heavy atom. The highest BCUT2D eigenvalue weighted by atomic mass is 19.1. The number of hydrogen-bond acceptors (Lipinski definition) is 4. The number of benzene rings is 2. The first-order valence-corrected chi connectivity index (χ1v) is 10.8. The lowest BCUT2D eigenvalue weighted by molar-refractivity contribution is -0.491. The van der Waals surface area contributed by atoms with Gasteiger partial charge in [-0.25, -0.2) is 14.0 Å². The Hall–Kier alpha value is -3.39. The predicted octanol–water partition coefficient (Wildman–Crippen LogP) is 2.08. The summed E-state index contributed by atoms with van der Waals surface area (Å²) in [7, 11) is 1.33. The van der Waals surface area contributed by atoms with E-state index in [0.717, 1.165) is 22.5 Å². The van der Waals surface area contributed by atoms with E-state index in [1.165, 1.54) is 19.2 Å². The van der Waals surface area contributed by atoms with Crippen LogP contribution in [0.3, 0.4) is 0 Å². The fraction of sp³-hybridized carbons (Fsp3) is 0.333. The number of fused-ring (bicyclic) bond motifs is 1. The van der Waals surface area contributed by atoms with E-state index in [4.69, 9.17) is 4.74 Å². The number of methoxy groups -OCH3 is 1. The van der Waals surface area contributed by atoms with Crippen molar-refractivity contribution in [1.82, 2.24) is 10.2 Å². The number of halogens is 1. The van der Waals surface area contributed by atoms with E-state index in [1.807, 2.05) is 42.7 Å². The average Bonchev–Trinajstić information content (AvgIpc) is 3.26. The molecule has 8 heteroatoms. The van der Waals surface area contributed by atoms with E-state index in [2.05, 4.69) is 10.2 Å². The number of esters is 1. The van der Waals surface area contributed by atoms with Crippen LogP contribution in [-0.2, 0) is 9.53 Å². The molecule has 2 unspecified atom stereocenters. The normalized spacial score (nSPS) is 17.3. The molecule has 2 amide bonds. The Balaban J connectivity index is 1.41. The molecule has 0 spiro atoms. The first-order valence-electron chi connectivity index (χ1n) is 10.8. The number of hydrogen-bond donors (Lipinski definition) is 2. The molecule has 168 valence electrons. The minimum Gasteiger partial charge on any atom is -0.467 e. The summed E-state index contributed by atoms with van der Waals surface area (Å²) in [5.74, 6) is -1.000. The van der Waals surface area contributed by atoms with Gasteiger partial charge in [-0.3, -0.25) is 5.32 Å². The maximum absolute atomic E-state index is 13.2. The van der Waals surface area contributed by atoms with Gasteiger partial charge in [0.15, 0.2) is 0 Å². The second-order valence-electron chi connectivity index (χ2n) is 8.07. The molecule has 32 heavy (non-hydrogen) atoms. The van der Waals surface area contributed by atoms with Crippen LogP contribution < -0.4 is 15.5 Å². The summed E-state index contributed by atoms with van der Waals surface area (Å²) >= 11 is 0. The molecular weight excluding hydrogens is 411 g/mol. The summed E-state index contributed by atoms with van der Waals surface area (Å²) in [6.45, 7) is 4.20. The number of rotatable bonds is 5. The summed E-state index contributed by atoms with van der Waals surface area (Å²) in [6, 6.07) is 13.2. The van der Waals surface area contributed by atoms with Gasteiger partial charge in [0, 0.05) is 55.0 Å². The Morgan fingerprint density at radius 3 is 2.44 bits per heavy atom. The largest absolute Gasteiger partial charge is 0.467 e. The molecule has 2 aliphatic heterocycles. The van der Waals surface area contributed by atoms with Gasteiger partial charge in [0.2, 0.25) is 0 Å². The Morgan fingerprint density at radius 2 is 1.75 bits per heavy atom. The molecule has 0 bridgehead atoms. The number of para-hydroxylation sites is 1. The molecule has 0 saturated carbocycles. The van der Waals surface area contributed by atoms with Crippen LogP contribution in [0.4, 0.5) is 20.6 Å². The van der Waals surface area contributed by atoms with Crippen LogP contribution in [0.25, 0.3) is 5.57 Å². The summed E-state index contributed by atoms with van der Waals surface area (Å²) in [5, 5.41) is 4.92. The van der Waals surface area contributed by atoms with Crippen molar-refractivity contribution in [2.24, 2.45) is 5.92 Å². The highest BCUT2D eigenvalue weighted by Crippen LogP contribution is 2.32. The number of nitrogens with zero attached hydrogens (tertiary/aromatic N) is 2. The van der Waals surface area contributed by atoms with Crippen LogP contribution in [-0.4, -0.2) is 56.2 Å².